The Balaban J connectivity index is 2.01. The standard InChI is InChI=1S/C15H21NO/c1-12-8-13(2)10-14(9-12)11-15(17)16-6-4-3-5-7-16/h8-10H,3-7,11H2,1-2H3. The van der Waals surface area contributed by atoms with Gasteiger partial charge in [-0.1, -0.05) is 29.3 Å². The van der Waals surface area contributed by atoms with Crippen LogP contribution in [-0.4, -0.2) is 23.9 Å². The third-order valence-corrected chi connectivity index (χ3v) is 3.35. The van der Waals surface area contributed by atoms with Crippen molar-refractivity contribution in [3.8, 4) is 0 Å². The Hall–Kier alpha value is -1.31. The Morgan fingerprint density at radius 2 is 1.65 bits per heavy atom. The van der Waals surface area contributed by atoms with E-state index in [1.54, 1.807) is 0 Å². The quantitative estimate of drug-likeness (QED) is 0.766. The van der Waals surface area contributed by atoms with E-state index < -0.39 is 0 Å². The van der Waals surface area contributed by atoms with Gasteiger partial charge >= 0.3 is 0 Å². The van der Waals surface area contributed by atoms with Gasteiger partial charge in [-0.25, -0.2) is 0 Å². The molecule has 1 fully saturated rings. The van der Waals surface area contributed by atoms with E-state index in [9.17, 15) is 4.79 Å². The molecule has 2 rings (SSSR count). The van der Waals surface area contributed by atoms with E-state index >= 15 is 0 Å². The van der Waals surface area contributed by atoms with Crippen molar-refractivity contribution in [2.24, 2.45) is 0 Å². The molecule has 2 nitrogen and oxygen atoms in total. The topological polar surface area (TPSA) is 20.3 Å². The van der Waals surface area contributed by atoms with E-state index in [2.05, 4.69) is 32.0 Å². The zero-order valence-electron chi connectivity index (χ0n) is 10.8. The maximum atomic E-state index is 12.1. The summed E-state index contributed by atoms with van der Waals surface area (Å²) >= 11 is 0. The van der Waals surface area contributed by atoms with Gasteiger partial charge in [0.05, 0.1) is 6.42 Å². The average Bonchev–Trinajstić information content (AvgIpc) is 2.28. The minimum atomic E-state index is 0.287. The molecule has 1 heterocycles. The number of hydrogen-bond acceptors (Lipinski definition) is 1. The Labute approximate surface area is 104 Å². The molecule has 0 spiro atoms. The lowest BCUT2D eigenvalue weighted by atomic mass is 10.0. The molecule has 0 aromatic heterocycles. The Morgan fingerprint density at radius 3 is 2.24 bits per heavy atom. The van der Waals surface area contributed by atoms with Gasteiger partial charge in [-0.05, 0) is 38.7 Å². The molecule has 1 aromatic carbocycles. The van der Waals surface area contributed by atoms with Gasteiger partial charge in [0.2, 0.25) is 5.91 Å². The van der Waals surface area contributed by atoms with Crippen LogP contribution in [0.15, 0.2) is 18.2 Å². The zero-order chi connectivity index (χ0) is 12.3. The molecule has 0 aliphatic carbocycles. The molecular weight excluding hydrogens is 210 g/mol. The molecule has 17 heavy (non-hydrogen) atoms. The lowest BCUT2D eigenvalue weighted by molar-refractivity contribution is -0.131. The normalized spacial score (nSPS) is 16.0. The van der Waals surface area contributed by atoms with Crippen LogP contribution < -0.4 is 0 Å². The number of carbonyl (C=O) groups excluding carboxylic acids is 1. The number of nitrogens with zero attached hydrogens (tertiary/aromatic N) is 1. The molecule has 0 unspecified atom stereocenters. The van der Waals surface area contributed by atoms with Crippen molar-refractivity contribution >= 4 is 5.91 Å². The Bertz CT molecular complexity index is 385. The summed E-state index contributed by atoms with van der Waals surface area (Å²) in [4.78, 5) is 14.1. The second-order valence-corrected chi connectivity index (χ2v) is 5.11. The summed E-state index contributed by atoms with van der Waals surface area (Å²) in [5.41, 5.74) is 3.64. The SMILES string of the molecule is Cc1cc(C)cc(CC(=O)N2CCCCC2)c1. The van der Waals surface area contributed by atoms with Gasteiger partial charge in [0, 0.05) is 13.1 Å². The number of hydrogen-bond donors (Lipinski definition) is 0. The number of benzene rings is 1. The first kappa shape index (κ1) is 12.2. The predicted molar refractivity (Wildman–Crippen MR) is 70.1 cm³/mol. The van der Waals surface area contributed by atoms with Crippen LogP contribution in [0.4, 0.5) is 0 Å². The molecule has 1 saturated heterocycles. The first-order chi connectivity index (χ1) is 8.15. The van der Waals surface area contributed by atoms with Crippen LogP contribution in [0.25, 0.3) is 0 Å². The zero-order valence-corrected chi connectivity index (χ0v) is 10.8. The first-order valence-corrected chi connectivity index (χ1v) is 6.50. The molecule has 92 valence electrons. The molecular formula is C15H21NO. The minimum absolute atomic E-state index is 0.287. The van der Waals surface area contributed by atoms with Gasteiger partial charge < -0.3 is 4.90 Å². The van der Waals surface area contributed by atoms with Crippen LogP contribution in [0, 0.1) is 13.8 Å². The summed E-state index contributed by atoms with van der Waals surface area (Å²) in [6.07, 6.45) is 4.16. The van der Waals surface area contributed by atoms with E-state index in [4.69, 9.17) is 0 Å². The molecule has 2 heteroatoms. The van der Waals surface area contributed by atoms with Gasteiger partial charge in [0.15, 0.2) is 0 Å². The van der Waals surface area contributed by atoms with E-state index in [-0.39, 0.29) is 5.91 Å². The van der Waals surface area contributed by atoms with Crippen LogP contribution in [0.3, 0.4) is 0 Å². The highest BCUT2D eigenvalue weighted by Crippen LogP contribution is 2.13. The van der Waals surface area contributed by atoms with Gasteiger partial charge in [0.25, 0.3) is 0 Å². The highest BCUT2D eigenvalue weighted by molar-refractivity contribution is 5.79. The maximum Gasteiger partial charge on any atom is 0.226 e. The third-order valence-electron chi connectivity index (χ3n) is 3.35. The Morgan fingerprint density at radius 1 is 1.06 bits per heavy atom. The predicted octanol–water partition coefficient (Wildman–Crippen LogP) is 2.86. The van der Waals surface area contributed by atoms with Crippen molar-refractivity contribution in [3.63, 3.8) is 0 Å². The summed E-state index contributed by atoms with van der Waals surface area (Å²) in [6.45, 7) is 6.07. The van der Waals surface area contributed by atoms with Crippen LogP contribution in [0.1, 0.15) is 36.0 Å². The second kappa shape index (κ2) is 5.35. The van der Waals surface area contributed by atoms with Crippen molar-refractivity contribution in [2.75, 3.05) is 13.1 Å². The summed E-state index contributed by atoms with van der Waals surface area (Å²) in [7, 11) is 0. The summed E-state index contributed by atoms with van der Waals surface area (Å²) in [5, 5.41) is 0. The maximum absolute atomic E-state index is 12.1. The fourth-order valence-corrected chi connectivity index (χ4v) is 2.60. The van der Waals surface area contributed by atoms with Crippen molar-refractivity contribution in [1.29, 1.82) is 0 Å². The van der Waals surface area contributed by atoms with Gasteiger partial charge in [0.1, 0.15) is 0 Å². The first-order valence-electron chi connectivity index (χ1n) is 6.50. The number of aryl methyl sites for hydroxylation is 2. The Kier molecular flexibility index (Phi) is 3.82. The largest absolute Gasteiger partial charge is 0.342 e. The smallest absolute Gasteiger partial charge is 0.226 e. The molecule has 1 aliphatic heterocycles. The molecule has 0 bridgehead atoms. The molecule has 0 saturated carbocycles. The molecule has 1 aliphatic rings. The van der Waals surface area contributed by atoms with E-state index in [0.29, 0.717) is 6.42 Å². The van der Waals surface area contributed by atoms with Gasteiger partial charge in [-0.2, -0.15) is 0 Å². The number of rotatable bonds is 2. The molecule has 1 amide bonds. The lowest BCUT2D eigenvalue weighted by Crippen LogP contribution is -2.36. The monoisotopic (exact) mass is 231 g/mol. The minimum Gasteiger partial charge on any atom is -0.342 e. The number of amides is 1. The molecule has 0 radical (unpaired) electrons. The third kappa shape index (κ3) is 3.32. The van der Waals surface area contributed by atoms with E-state index in [1.807, 2.05) is 4.90 Å². The van der Waals surface area contributed by atoms with Crippen molar-refractivity contribution in [1.82, 2.24) is 4.90 Å². The second-order valence-electron chi connectivity index (χ2n) is 5.11. The fourth-order valence-electron chi connectivity index (χ4n) is 2.60. The molecule has 1 aromatic rings. The summed E-state index contributed by atoms with van der Waals surface area (Å²) in [5.74, 6) is 0.287. The lowest BCUT2D eigenvalue weighted by Gasteiger charge is -2.26. The highest BCUT2D eigenvalue weighted by Gasteiger charge is 2.16. The van der Waals surface area contributed by atoms with Crippen LogP contribution >= 0.6 is 0 Å². The number of piperidine rings is 1. The molecule has 0 atom stereocenters. The number of carbonyl (C=O) groups is 1. The highest BCUT2D eigenvalue weighted by atomic mass is 16.2. The van der Waals surface area contributed by atoms with Crippen LogP contribution in [0.2, 0.25) is 0 Å². The average molecular weight is 231 g/mol. The molecule has 0 N–H and O–H groups in total. The summed E-state index contributed by atoms with van der Waals surface area (Å²) < 4.78 is 0. The van der Waals surface area contributed by atoms with Crippen molar-refractivity contribution < 1.29 is 4.79 Å². The van der Waals surface area contributed by atoms with Crippen LogP contribution in [-0.2, 0) is 11.2 Å². The summed E-state index contributed by atoms with van der Waals surface area (Å²) in [6, 6.07) is 6.39. The van der Waals surface area contributed by atoms with E-state index in [0.717, 1.165) is 18.7 Å². The van der Waals surface area contributed by atoms with E-state index in [1.165, 1.54) is 30.4 Å². The van der Waals surface area contributed by atoms with Crippen LogP contribution in [0.5, 0.6) is 0 Å². The van der Waals surface area contributed by atoms with Crippen molar-refractivity contribution in [2.45, 2.75) is 39.5 Å². The number of likely N-dealkylation sites (tertiary alicyclic amines) is 1. The van der Waals surface area contributed by atoms with Gasteiger partial charge in [-0.15, -0.1) is 0 Å². The van der Waals surface area contributed by atoms with Crippen molar-refractivity contribution in [3.05, 3.63) is 34.9 Å². The van der Waals surface area contributed by atoms with Gasteiger partial charge in [-0.3, -0.25) is 4.79 Å². The fraction of sp³-hybridized carbons (Fsp3) is 0.533.